The first-order valence-corrected chi connectivity index (χ1v) is 11.4. The fraction of sp³-hybridized carbons (Fsp3) is 0.0714. The highest BCUT2D eigenvalue weighted by Gasteiger charge is 2.17. The Morgan fingerprint density at radius 2 is 1.43 bits per heavy atom. The van der Waals surface area contributed by atoms with Crippen molar-refractivity contribution in [2.45, 2.75) is 0 Å². The van der Waals surface area contributed by atoms with Crippen molar-refractivity contribution in [2.75, 3.05) is 24.4 Å². The number of carbonyl (C=O) groups excluding carboxylic acids is 3. The Balaban J connectivity index is 1.42. The smallest absolute Gasteiger partial charge is 0.337 e. The number of hydrogen-bond acceptors (Lipinski definition) is 6. The van der Waals surface area contributed by atoms with Crippen LogP contribution in [0.1, 0.15) is 10.4 Å². The van der Waals surface area contributed by atoms with Gasteiger partial charge in [0.05, 0.1) is 23.7 Å². The molecule has 2 aromatic heterocycles. The van der Waals surface area contributed by atoms with Crippen molar-refractivity contribution in [3.05, 3.63) is 96.7 Å². The Morgan fingerprint density at radius 1 is 0.811 bits per heavy atom. The van der Waals surface area contributed by atoms with Gasteiger partial charge in [0.15, 0.2) is 6.61 Å². The molecule has 0 radical (unpaired) electrons. The first kappa shape index (κ1) is 23.6. The van der Waals surface area contributed by atoms with Gasteiger partial charge in [0.1, 0.15) is 0 Å². The van der Waals surface area contributed by atoms with Gasteiger partial charge in [0.25, 0.3) is 5.91 Å². The monoisotopic (exact) mass is 494 g/mol. The molecule has 5 aromatic rings. The molecule has 2 amide bonds. The van der Waals surface area contributed by atoms with Crippen molar-refractivity contribution in [2.24, 2.45) is 0 Å². The van der Waals surface area contributed by atoms with Crippen molar-refractivity contribution >= 4 is 51.1 Å². The van der Waals surface area contributed by atoms with Crippen LogP contribution in [0.3, 0.4) is 0 Å². The lowest BCUT2D eigenvalue weighted by Crippen LogP contribution is -2.22. The van der Waals surface area contributed by atoms with Gasteiger partial charge in [-0.3, -0.25) is 9.36 Å². The van der Waals surface area contributed by atoms with E-state index < -0.39 is 17.9 Å². The molecule has 2 N–H and O–H groups in total. The van der Waals surface area contributed by atoms with Gasteiger partial charge in [-0.1, -0.05) is 42.5 Å². The molecule has 0 spiro atoms. The summed E-state index contributed by atoms with van der Waals surface area (Å²) in [6, 6.07) is 24.4. The molecular formula is C28H22N4O5. The number of nitrogens with one attached hydrogen (secondary N) is 2. The second kappa shape index (κ2) is 10.2. The molecule has 0 atom stereocenters. The Kier molecular flexibility index (Phi) is 6.50. The molecule has 0 unspecified atom stereocenters. The summed E-state index contributed by atoms with van der Waals surface area (Å²) in [6.07, 6.45) is 1.55. The molecule has 0 saturated carbocycles. The molecule has 5 rings (SSSR count). The first-order valence-electron chi connectivity index (χ1n) is 11.4. The van der Waals surface area contributed by atoms with Gasteiger partial charge < -0.3 is 20.1 Å². The third kappa shape index (κ3) is 4.96. The molecule has 0 aliphatic rings. The van der Waals surface area contributed by atoms with Crippen molar-refractivity contribution in [1.29, 1.82) is 0 Å². The molecule has 9 heteroatoms. The van der Waals surface area contributed by atoms with Crippen molar-refractivity contribution in [3.63, 3.8) is 0 Å². The summed E-state index contributed by atoms with van der Waals surface area (Å²) in [7, 11) is 1.25. The quantitative estimate of drug-likeness (QED) is 0.319. The van der Waals surface area contributed by atoms with Crippen LogP contribution in [-0.2, 0) is 9.53 Å². The van der Waals surface area contributed by atoms with E-state index in [2.05, 4.69) is 15.6 Å². The summed E-state index contributed by atoms with van der Waals surface area (Å²) in [6.45, 7) is -0.289. The van der Waals surface area contributed by atoms with Crippen LogP contribution in [0, 0.1) is 0 Å². The summed E-state index contributed by atoms with van der Waals surface area (Å²) in [5.74, 6) is -0.777. The van der Waals surface area contributed by atoms with Crippen LogP contribution in [0.2, 0.25) is 0 Å². The molecule has 2 heterocycles. The molecule has 0 aliphatic heterocycles. The number of nitrogens with zero attached hydrogens (tertiary/aromatic N) is 2. The van der Waals surface area contributed by atoms with Gasteiger partial charge in [-0.05, 0) is 36.4 Å². The van der Waals surface area contributed by atoms with Crippen LogP contribution < -0.4 is 15.4 Å². The Morgan fingerprint density at radius 3 is 2.05 bits per heavy atom. The minimum Gasteiger partial charge on any atom is -0.468 e. The van der Waals surface area contributed by atoms with E-state index >= 15 is 0 Å². The van der Waals surface area contributed by atoms with Crippen molar-refractivity contribution < 1.29 is 23.9 Å². The van der Waals surface area contributed by atoms with E-state index in [9.17, 15) is 14.4 Å². The average molecular weight is 495 g/mol. The second-order valence-electron chi connectivity index (χ2n) is 8.10. The van der Waals surface area contributed by atoms with Gasteiger partial charge >= 0.3 is 12.0 Å². The number of hydrogen-bond donors (Lipinski definition) is 2. The van der Waals surface area contributed by atoms with E-state index in [1.165, 1.54) is 19.2 Å². The number of amides is 2. The van der Waals surface area contributed by atoms with Crippen LogP contribution in [0.5, 0.6) is 5.88 Å². The lowest BCUT2D eigenvalue weighted by Gasteiger charge is -2.13. The molecule has 0 bridgehead atoms. The zero-order valence-corrected chi connectivity index (χ0v) is 19.8. The maximum Gasteiger partial charge on any atom is 0.337 e. The van der Waals surface area contributed by atoms with E-state index in [1.807, 2.05) is 48.5 Å². The minimum absolute atomic E-state index is 0.156. The molecule has 37 heavy (non-hydrogen) atoms. The number of rotatable bonds is 6. The topological polar surface area (TPSA) is 112 Å². The molecule has 0 saturated heterocycles. The van der Waals surface area contributed by atoms with Crippen molar-refractivity contribution in [1.82, 2.24) is 9.55 Å². The lowest BCUT2D eigenvalue weighted by atomic mass is 10.1. The number of carbonyl (C=O) groups is 3. The molecule has 9 nitrogen and oxygen atoms in total. The van der Waals surface area contributed by atoms with Gasteiger partial charge in [0.2, 0.25) is 5.88 Å². The number of methoxy groups -OCH3 is 1. The number of fused-ring (bicyclic) bond motifs is 3. The molecule has 3 aromatic carbocycles. The molecule has 0 fully saturated rings. The van der Waals surface area contributed by atoms with Crippen molar-refractivity contribution in [3.8, 4) is 5.88 Å². The zero-order chi connectivity index (χ0) is 25.8. The predicted molar refractivity (Wildman–Crippen MR) is 140 cm³/mol. The number of benzene rings is 3. The summed E-state index contributed by atoms with van der Waals surface area (Å²) in [5, 5.41) is 7.41. The maximum absolute atomic E-state index is 13.5. The number of anilines is 2. The highest BCUT2D eigenvalue weighted by molar-refractivity contribution is 6.15. The summed E-state index contributed by atoms with van der Waals surface area (Å²) in [5.41, 5.74) is 2.23. The van der Waals surface area contributed by atoms with Gasteiger partial charge in [0, 0.05) is 34.4 Å². The summed E-state index contributed by atoms with van der Waals surface area (Å²) >= 11 is 0. The van der Waals surface area contributed by atoms with E-state index in [0.717, 1.165) is 21.8 Å². The summed E-state index contributed by atoms with van der Waals surface area (Å²) in [4.78, 5) is 42.2. The van der Waals surface area contributed by atoms with Crippen LogP contribution in [0.15, 0.2) is 91.1 Å². The van der Waals surface area contributed by atoms with Gasteiger partial charge in [-0.2, -0.15) is 0 Å². The predicted octanol–water partition coefficient (Wildman–Crippen LogP) is 5.07. The fourth-order valence-electron chi connectivity index (χ4n) is 4.10. The first-order chi connectivity index (χ1) is 18.0. The molecule has 184 valence electrons. The molecular weight excluding hydrogens is 472 g/mol. The molecule has 0 aliphatic carbocycles. The largest absolute Gasteiger partial charge is 0.468 e. The minimum atomic E-state index is -0.617. The lowest BCUT2D eigenvalue weighted by molar-refractivity contribution is -0.118. The fourth-order valence-corrected chi connectivity index (χ4v) is 4.10. The summed E-state index contributed by atoms with van der Waals surface area (Å²) < 4.78 is 11.8. The van der Waals surface area contributed by atoms with Crippen LogP contribution >= 0.6 is 0 Å². The van der Waals surface area contributed by atoms with Gasteiger partial charge in [-0.15, -0.1) is 0 Å². The second-order valence-corrected chi connectivity index (χ2v) is 8.10. The van der Waals surface area contributed by atoms with E-state index in [4.69, 9.17) is 9.47 Å². The van der Waals surface area contributed by atoms with E-state index in [-0.39, 0.29) is 17.9 Å². The van der Waals surface area contributed by atoms with Gasteiger partial charge in [-0.25, -0.2) is 14.6 Å². The third-order valence-corrected chi connectivity index (χ3v) is 5.66. The van der Waals surface area contributed by atoms with Crippen LogP contribution in [0.25, 0.3) is 21.8 Å². The number of para-hydroxylation sites is 2. The number of ether oxygens (including phenoxy) is 2. The van der Waals surface area contributed by atoms with E-state index in [0.29, 0.717) is 11.6 Å². The zero-order valence-electron chi connectivity index (χ0n) is 19.8. The normalized spacial score (nSPS) is 10.7. The number of aromatic nitrogens is 2. The van der Waals surface area contributed by atoms with E-state index in [1.54, 1.807) is 35.0 Å². The Hall–Kier alpha value is -5.18. The number of pyridine rings is 1. The third-order valence-electron chi connectivity index (χ3n) is 5.66. The Bertz CT molecular complexity index is 1580. The Labute approximate surface area is 211 Å². The van der Waals surface area contributed by atoms with Crippen LogP contribution in [0.4, 0.5) is 16.2 Å². The average Bonchev–Trinajstić information content (AvgIpc) is 3.26. The highest BCUT2D eigenvalue weighted by Crippen LogP contribution is 2.29. The maximum atomic E-state index is 13.5. The van der Waals surface area contributed by atoms with Crippen LogP contribution in [-0.4, -0.2) is 41.2 Å². The number of esters is 1. The standard InChI is InChI=1S/C28H22N4O5/c1-36-27(34)18-14-19(30-25(33)17-37-26-12-6-7-13-29-26)16-20(15-18)31-28(35)32-23-10-4-2-8-21(23)22-9-3-5-11-24(22)32/h2-16H,17H2,1H3,(H,30,33)(H,31,35). The highest BCUT2D eigenvalue weighted by atomic mass is 16.5. The SMILES string of the molecule is COC(=O)c1cc(NC(=O)COc2ccccn2)cc(NC(=O)n2c3ccccc3c3ccccc32)c1.